The molecule has 1 atom stereocenters. The van der Waals surface area contributed by atoms with Gasteiger partial charge in [-0.3, -0.25) is 4.79 Å². The first-order valence-electron chi connectivity index (χ1n) is 3.97. The van der Waals surface area contributed by atoms with Crippen molar-refractivity contribution in [3.8, 4) is 12.1 Å². The molecule has 0 amide bonds. The van der Waals surface area contributed by atoms with Crippen molar-refractivity contribution < 1.29 is 9.53 Å². The zero-order valence-electron chi connectivity index (χ0n) is 8.00. The van der Waals surface area contributed by atoms with Crippen molar-refractivity contribution in [3.63, 3.8) is 0 Å². The standard InChI is InChI=1S/C9H12N2O2/c1-4-13-8(12)7(5-10)9(2,3)6-11/h7H,4H2,1-3H3. The van der Waals surface area contributed by atoms with Gasteiger partial charge in [0.2, 0.25) is 0 Å². The average Bonchev–Trinajstić information content (AvgIpc) is 2.05. The molecule has 0 spiro atoms. The molecule has 0 bridgehead atoms. The Hall–Kier alpha value is -1.55. The van der Waals surface area contributed by atoms with Gasteiger partial charge in [0, 0.05) is 0 Å². The van der Waals surface area contributed by atoms with Crippen LogP contribution in [0.1, 0.15) is 20.8 Å². The van der Waals surface area contributed by atoms with E-state index in [0.29, 0.717) is 0 Å². The van der Waals surface area contributed by atoms with Crippen molar-refractivity contribution in [1.82, 2.24) is 0 Å². The molecule has 13 heavy (non-hydrogen) atoms. The van der Waals surface area contributed by atoms with Crippen molar-refractivity contribution in [2.24, 2.45) is 11.3 Å². The van der Waals surface area contributed by atoms with Crippen molar-refractivity contribution in [2.45, 2.75) is 20.8 Å². The molecule has 0 saturated carbocycles. The fourth-order valence-corrected chi connectivity index (χ4v) is 0.799. The second-order valence-corrected chi connectivity index (χ2v) is 3.15. The molecule has 0 aliphatic carbocycles. The van der Waals surface area contributed by atoms with Gasteiger partial charge in [-0.05, 0) is 20.8 Å². The maximum atomic E-state index is 11.2. The lowest BCUT2D eigenvalue weighted by molar-refractivity contribution is -0.148. The van der Waals surface area contributed by atoms with E-state index in [1.807, 2.05) is 6.07 Å². The van der Waals surface area contributed by atoms with Gasteiger partial charge in [0.05, 0.1) is 24.2 Å². The predicted molar refractivity (Wildman–Crippen MR) is 45.1 cm³/mol. The minimum Gasteiger partial charge on any atom is -0.465 e. The van der Waals surface area contributed by atoms with E-state index in [2.05, 4.69) is 4.74 Å². The van der Waals surface area contributed by atoms with Crippen molar-refractivity contribution in [1.29, 1.82) is 10.5 Å². The van der Waals surface area contributed by atoms with Gasteiger partial charge in [-0.25, -0.2) is 0 Å². The van der Waals surface area contributed by atoms with E-state index >= 15 is 0 Å². The Kier molecular flexibility index (Phi) is 3.94. The van der Waals surface area contributed by atoms with Gasteiger partial charge in [-0.1, -0.05) is 0 Å². The van der Waals surface area contributed by atoms with Crippen LogP contribution in [0, 0.1) is 34.0 Å². The number of carbonyl (C=O) groups excluding carboxylic acids is 1. The highest BCUT2D eigenvalue weighted by atomic mass is 16.5. The Morgan fingerprint density at radius 1 is 1.54 bits per heavy atom. The van der Waals surface area contributed by atoms with Crippen LogP contribution in [0.3, 0.4) is 0 Å². The van der Waals surface area contributed by atoms with Gasteiger partial charge in [-0.2, -0.15) is 10.5 Å². The molecule has 0 heterocycles. The predicted octanol–water partition coefficient (Wildman–Crippen LogP) is 1.24. The van der Waals surface area contributed by atoms with Crippen LogP contribution >= 0.6 is 0 Å². The molecule has 0 rings (SSSR count). The second-order valence-electron chi connectivity index (χ2n) is 3.15. The molecule has 0 N–H and O–H groups in total. The third kappa shape index (κ3) is 2.76. The monoisotopic (exact) mass is 180 g/mol. The van der Waals surface area contributed by atoms with Gasteiger partial charge in [0.25, 0.3) is 0 Å². The summed E-state index contributed by atoms with van der Waals surface area (Å²) in [6.07, 6.45) is 0. The second kappa shape index (κ2) is 4.47. The van der Waals surface area contributed by atoms with Gasteiger partial charge in [-0.15, -0.1) is 0 Å². The van der Waals surface area contributed by atoms with E-state index in [4.69, 9.17) is 10.5 Å². The van der Waals surface area contributed by atoms with Crippen LogP contribution in [0.4, 0.5) is 0 Å². The normalized spacial score (nSPS) is 12.4. The molecule has 0 aromatic heterocycles. The third-order valence-electron chi connectivity index (χ3n) is 1.66. The first-order valence-corrected chi connectivity index (χ1v) is 3.97. The SMILES string of the molecule is CCOC(=O)C(C#N)C(C)(C)C#N. The lowest BCUT2D eigenvalue weighted by atomic mass is 9.81. The molecular weight excluding hydrogens is 168 g/mol. The number of ether oxygens (including phenoxy) is 1. The quantitative estimate of drug-likeness (QED) is 0.612. The lowest BCUT2D eigenvalue weighted by Crippen LogP contribution is -2.30. The molecule has 0 saturated heterocycles. The highest BCUT2D eigenvalue weighted by Gasteiger charge is 2.36. The van der Waals surface area contributed by atoms with Crippen LogP contribution in [0.5, 0.6) is 0 Å². The molecule has 4 heteroatoms. The summed E-state index contributed by atoms with van der Waals surface area (Å²) >= 11 is 0. The van der Waals surface area contributed by atoms with Gasteiger partial charge in [0.15, 0.2) is 5.92 Å². The van der Waals surface area contributed by atoms with Crippen LogP contribution < -0.4 is 0 Å². The number of hydrogen-bond acceptors (Lipinski definition) is 4. The molecule has 0 aliphatic rings. The summed E-state index contributed by atoms with van der Waals surface area (Å²) in [6.45, 7) is 4.96. The Labute approximate surface area is 77.7 Å². The van der Waals surface area contributed by atoms with Crippen LogP contribution in [0.15, 0.2) is 0 Å². The Balaban J connectivity index is 4.66. The first-order chi connectivity index (χ1) is 5.99. The Morgan fingerprint density at radius 3 is 2.38 bits per heavy atom. The zero-order chi connectivity index (χ0) is 10.5. The summed E-state index contributed by atoms with van der Waals surface area (Å²) in [4.78, 5) is 11.2. The fourth-order valence-electron chi connectivity index (χ4n) is 0.799. The lowest BCUT2D eigenvalue weighted by Gasteiger charge is -2.19. The van der Waals surface area contributed by atoms with E-state index in [1.165, 1.54) is 13.8 Å². The highest BCUT2D eigenvalue weighted by Crippen LogP contribution is 2.26. The van der Waals surface area contributed by atoms with E-state index in [0.717, 1.165) is 0 Å². The first kappa shape index (κ1) is 11.4. The minimum atomic E-state index is -1.02. The number of esters is 1. The van der Waals surface area contributed by atoms with Crippen LogP contribution in [-0.4, -0.2) is 12.6 Å². The van der Waals surface area contributed by atoms with Gasteiger partial charge < -0.3 is 4.74 Å². The minimum absolute atomic E-state index is 0.221. The van der Waals surface area contributed by atoms with Crippen LogP contribution in [0.2, 0.25) is 0 Å². The van der Waals surface area contributed by atoms with E-state index in [9.17, 15) is 4.79 Å². The van der Waals surface area contributed by atoms with E-state index in [1.54, 1.807) is 13.0 Å². The molecule has 0 radical (unpaired) electrons. The summed E-state index contributed by atoms with van der Waals surface area (Å²) in [5.41, 5.74) is -0.999. The summed E-state index contributed by atoms with van der Waals surface area (Å²) in [5.74, 6) is -1.64. The highest BCUT2D eigenvalue weighted by molar-refractivity contribution is 5.76. The maximum Gasteiger partial charge on any atom is 0.324 e. The third-order valence-corrected chi connectivity index (χ3v) is 1.66. The molecule has 0 aromatic rings. The Bertz CT molecular complexity index is 270. The fraction of sp³-hybridized carbons (Fsp3) is 0.667. The average molecular weight is 180 g/mol. The van der Waals surface area contributed by atoms with Crippen molar-refractivity contribution >= 4 is 5.97 Å². The molecule has 4 nitrogen and oxygen atoms in total. The number of hydrogen-bond donors (Lipinski definition) is 0. The number of nitrogens with zero attached hydrogens (tertiary/aromatic N) is 2. The summed E-state index contributed by atoms with van der Waals surface area (Å²) in [7, 11) is 0. The van der Waals surface area contributed by atoms with Gasteiger partial charge >= 0.3 is 5.97 Å². The summed E-state index contributed by atoms with van der Waals surface area (Å²) in [5, 5.41) is 17.4. The van der Waals surface area contributed by atoms with Crippen molar-refractivity contribution in [3.05, 3.63) is 0 Å². The topological polar surface area (TPSA) is 73.9 Å². The molecule has 0 aliphatic heterocycles. The molecule has 0 aromatic carbocycles. The maximum absolute atomic E-state index is 11.2. The smallest absolute Gasteiger partial charge is 0.324 e. The largest absolute Gasteiger partial charge is 0.465 e. The Morgan fingerprint density at radius 2 is 2.08 bits per heavy atom. The van der Waals surface area contributed by atoms with E-state index < -0.39 is 17.3 Å². The zero-order valence-corrected chi connectivity index (χ0v) is 8.00. The summed E-state index contributed by atoms with van der Waals surface area (Å²) < 4.78 is 4.67. The molecular formula is C9H12N2O2. The molecule has 1 unspecified atom stereocenters. The molecule has 70 valence electrons. The number of rotatable bonds is 3. The van der Waals surface area contributed by atoms with E-state index in [-0.39, 0.29) is 6.61 Å². The summed E-state index contributed by atoms with van der Waals surface area (Å²) in [6, 6.07) is 3.69. The van der Waals surface area contributed by atoms with Crippen LogP contribution in [-0.2, 0) is 9.53 Å². The number of carbonyl (C=O) groups is 1. The molecule has 0 fully saturated rings. The van der Waals surface area contributed by atoms with Gasteiger partial charge in [0.1, 0.15) is 0 Å². The van der Waals surface area contributed by atoms with Crippen LogP contribution in [0.25, 0.3) is 0 Å². The van der Waals surface area contributed by atoms with Crippen molar-refractivity contribution in [2.75, 3.05) is 6.61 Å². The number of nitriles is 2.